The average molecular weight is 217 g/mol. The van der Waals surface area contributed by atoms with Gasteiger partial charge in [-0.05, 0) is 31.0 Å². The van der Waals surface area contributed by atoms with Gasteiger partial charge in [-0.15, -0.1) is 0 Å². The smallest absolute Gasteiger partial charge is 0.251 e. The van der Waals surface area contributed by atoms with Crippen LogP contribution in [0.25, 0.3) is 6.08 Å². The van der Waals surface area contributed by atoms with Crippen molar-refractivity contribution < 1.29 is 4.79 Å². The first-order valence-corrected chi connectivity index (χ1v) is 5.82. The van der Waals surface area contributed by atoms with E-state index < -0.39 is 0 Å². The van der Waals surface area contributed by atoms with Crippen LogP contribution in [0.1, 0.15) is 42.6 Å². The highest BCUT2D eigenvalue weighted by molar-refractivity contribution is 5.94. The minimum Gasteiger partial charge on any atom is -0.352 e. The van der Waals surface area contributed by atoms with Crippen LogP contribution in [-0.4, -0.2) is 12.5 Å². The summed E-state index contributed by atoms with van der Waals surface area (Å²) in [5.74, 6) is -0.00626. The average Bonchev–Trinajstić information content (AvgIpc) is 2.30. The Kier molecular flexibility index (Phi) is 5.34. The van der Waals surface area contributed by atoms with Crippen LogP contribution in [0, 0.1) is 0 Å². The van der Waals surface area contributed by atoms with Crippen molar-refractivity contribution >= 4 is 12.0 Å². The van der Waals surface area contributed by atoms with Crippen LogP contribution < -0.4 is 5.32 Å². The van der Waals surface area contributed by atoms with E-state index in [-0.39, 0.29) is 5.91 Å². The Balaban J connectivity index is 2.74. The van der Waals surface area contributed by atoms with Crippen LogP contribution in [0.15, 0.2) is 30.3 Å². The number of allylic oxidation sites excluding steroid dienone is 1. The number of rotatable bonds is 5. The lowest BCUT2D eigenvalue weighted by Crippen LogP contribution is -2.22. The minimum atomic E-state index is -0.00626. The molecule has 0 aliphatic heterocycles. The Morgan fingerprint density at radius 2 is 2.19 bits per heavy atom. The maximum atomic E-state index is 11.6. The molecule has 2 nitrogen and oxygen atoms in total. The molecule has 0 aromatic heterocycles. The molecule has 0 fully saturated rings. The van der Waals surface area contributed by atoms with Crippen molar-refractivity contribution in [3.05, 3.63) is 41.5 Å². The highest BCUT2D eigenvalue weighted by atomic mass is 16.1. The molecule has 0 heterocycles. The highest BCUT2D eigenvalue weighted by Crippen LogP contribution is 2.08. The number of amides is 1. The molecule has 0 aliphatic carbocycles. The fourth-order valence-corrected chi connectivity index (χ4v) is 1.43. The number of nitrogens with one attached hydrogen (secondary N) is 1. The van der Waals surface area contributed by atoms with Crippen LogP contribution in [-0.2, 0) is 0 Å². The van der Waals surface area contributed by atoms with E-state index in [2.05, 4.69) is 24.4 Å². The van der Waals surface area contributed by atoms with Gasteiger partial charge in [-0.2, -0.15) is 0 Å². The highest BCUT2D eigenvalue weighted by Gasteiger charge is 2.02. The molecule has 0 saturated heterocycles. The van der Waals surface area contributed by atoms with E-state index >= 15 is 0 Å². The summed E-state index contributed by atoms with van der Waals surface area (Å²) < 4.78 is 0. The van der Waals surface area contributed by atoms with Gasteiger partial charge in [-0.25, -0.2) is 0 Å². The third-order valence-electron chi connectivity index (χ3n) is 2.25. The van der Waals surface area contributed by atoms with Crippen molar-refractivity contribution in [2.45, 2.75) is 26.7 Å². The summed E-state index contributed by atoms with van der Waals surface area (Å²) in [5.41, 5.74) is 1.80. The normalized spacial score (nSPS) is 10.6. The molecule has 0 unspecified atom stereocenters. The predicted molar refractivity (Wildman–Crippen MR) is 68.4 cm³/mol. The Labute approximate surface area is 97.4 Å². The van der Waals surface area contributed by atoms with E-state index in [0.717, 1.165) is 24.0 Å². The molecule has 1 amide bonds. The molecule has 0 saturated carbocycles. The largest absolute Gasteiger partial charge is 0.352 e. The summed E-state index contributed by atoms with van der Waals surface area (Å²) in [6, 6.07) is 7.67. The molecular weight excluding hydrogens is 198 g/mol. The van der Waals surface area contributed by atoms with Gasteiger partial charge in [0.2, 0.25) is 0 Å². The molecule has 1 aromatic rings. The van der Waals surface area contributed by atoms with E-state index in [4.69, 9.17) is 0 Å². The van der Waals surface area contributed by atoms with Crippen LogP contribution in [0.3, 0.4) is 0 Å². The van der Waals surface area contributed by atoms with E-state index in [0.29, 0.717) is 6.54 Å². The van der Waals surface area contributed by atoms with Gasteiger partial charge in [0.1, 0.15) is 0 Å². The number of carbonyl (C=O) groups is 1. The first-order chi connectivity index (χ1) is 7.77. The summed E-state index contributed by atoms with van der Waals surface area (Å²) >= 11 is 0. The van der Waals surface area contributed by atoms with Gasteiger partial charge in [-0.3, -0.25) is 4.79 Å². The third kappa shape index (κ3) is 3.89. The zero-order valence-electron chi connectivity index (χ0n) is 9.99. The Hall–Kier alpha value is -1.57. The molecule has 16 heavy (non-hydrogen) atoms. The second-order valence-electron chi connectivity index (χ2n) is 3.68. The summed E-state index contributed by atoms with van der Waals surface area (Å²) in [6.07, 6.45) is 6.42. The van der Waals surface area contributed by atoms with Crippen molar-refractivity contribution in [2.75, 3.05) is 6.54 Å². The number of hydrogen-bond donors (Lipinski definition) is 1. The van der Waals surface area contributed by atoms with Gasteiger partial charge in [0.05, 0.1) is 0 Å². The molecular formula is C14H19NO. The standard InChI is InChI=1S/C14H19NO/c1-3-5-6-8-12-9-7-10-13(11-12)14(16)15-4-2/h6-11H,3-5H2,1-2H3,(H,15,16)/b8-6+. The molecule has 0 spiro atoms. The van der Waals surface area contributed by atoms with E-state index in [1.54, 1.807) is 0 Å². The minimum absolute atomic E-state index is 0.00626. The molecule has 1 N–H and O–H groups in total. The summed E-state index contributed by atoms with van der Waals surface area (Å²) in [5, 5.41) is 2.79. The molecule has 86 valence electrons. The van der Waals surface area contributed by atoms with Gasteiger partial charge in [-0.1, -0.05) is 37.6 Å². The van der Waals surface area contributed by atoms with E-state index in [1.165, 1.54) is 0 Å². The molecule has 2 heteroatoms. The lowest BCUT2D eigenvalue weighted by molar-refractivity contribution is 0.0956. The van der Waals surface area contributed by atoms with Crippen LogP contribution in [0.2, 0.25) is 0 Å². The van der Waals surface area contributed by atoms with Crippen LogP contribution >= 0.6 is 0 Å². The summed E-state index contributed by atoms with van der Waals surface area (Å²) in [7, 11) is 0. The van der Waals surface area contributed by atoms with Gasteiger partial charge < -0.3 is 5.32 Å². The SMILES string of the molecule is CCC/C=C/c1cccc(C(=O)NCC)c1. The van der Waals surface area contributed by atoms with Crippen molar-refractivity contribution in [3.8, 4) is 0 Å². The predicted octanol–water partition coefficient (Wildman–Crippen LogP) is 3.25. The van der Waals surface area contributed by atoms with Gasteiger partial charge >= 0.3 is 0 Å². The Morgan fingerprint density at radius 1 is 1.38 bits per heavy atom. The number of hydrogen-bond acceptors (Lipinski definition) is 1. The number of carbonyl (C=O) groups excluding carboxylic acids is 1. The van der Waals surface area contributed by atoms with Crippen molar-refractivity contribution in [1.82, 2.24) is 5.32 Å². The zero-order valence-corrected chi connectivity index (χ0v) is 9.99. The Morgan fingerprint density at radius 3 is 2.88 bits per heavy atom. The maximum Gasteiger partial charge on any atom is 0.251 e. The second-order valence-corrected chi connectivity index (χ2v) is 3.68. The van der Waals surface area contributed by atoms with E-state index in [9.17, 15) is 4.79 Å². The monoisotopic (exact) mass is 217 g/mol. The summed E-state index contributed by atoms with van der Waals surface area (Å²) in [4.78, 5) is 11.6. The molecule has 1 aromatic carbocycles. The Bertz CT molecular complexity index is 369. The number of unbranched alkanes of at least 4 members (excludes halogenated alkanes) is 1. The molecule has 0 atom stereocenters. The first kappa shape index (κ1) is 12.5. The molecule has 0 bridgehead atoms. The lowest BCUT2D eigenvalue weighted by atomic mass is 10.1. The van der Waals surface area contributed by atoms with Crippen LogP contribution in [0.5, 0.6) is 0 Å². The molecule has 0 aliphatic rings. The van der Waals surface area contributed by atoms with Gasteiger partial charge in [0.15, 0.2) is 0 Å². The second kappa shape index (κ2) is 6.83. The van der Waals surface area contributed by atoms with Gasteiger partial charge in [0.25, 0.3) is 5.91 Å². The molecule has 0 radical (unpaired) electrons. The lowest BCUT2D eigenvalue weighted by Gasteiger charge is -2.02. The quantitative estimate of drug-likeness (QED) is 0.806. The fourth-order valence-electron chi connectivity index (χ4n) is 1.43. The fraction of sp³-hybridized carbons (Fsp3) is 0.357. The summed E-state index contributed by atoms with van der Waals surface area (Å²) in [6.45, 7) is 4.73. The van der Waals surface area contributed by atoms with Crippen LogP contribution in [0.4, 0.5) is 0 Å². The first-order valence-electron chi connectivity index (χ1n) is 5.82. The van der Waals surface area contributed by atoms with Gasteiger partial charge in [0, 0.05) is 12.1 Å². The van der Waals surface area contributed by atoms with Crippen molar-refractivity contribution in [3.63, 3.8) is 0 Å². The number of benzene rings is 1. The molecule has 1 rings (SSSR count). The van der Waals surface area contributed by atoms with E-state index in [1.807, 2.05) is 31.2 Å². The maximum absolute atomic E-state index is 11.6. The third-order valence-corrected chi connectivity index (χ3v) is 2.25. The van der Waals surface area contributed by atoms with Crippen molar-refractivity contribution in [1.29, 1.82) is 0 Å². The zero-order chi connectivity index (χ0) is 11.8. The topological polar surface area (TPSA) is 29.1 Å². The van der Waals surface area contributed by atoms with Crippen molar-refractivity contribution in [2.24, 2.45) is 0 Å².